The van der Waals surface area contributed by atoms with Gasteiger partial charge in [0, 0.05) is 6.07 Å². The summed E-state index contributed by atoms with van der Waals surface area (Å²) in [6, 6.07) is 0.566. The molecule has 0 aliphatic heterocycles. The molecule has 0 amide bonds. The first kappa shape index (κ1) is 14.5. The topological polar surface area (TPSA) is 83.5 Å². The summed E-state index contributed by atoms with van der Waals surface area (Å²) in [4.78, 5) is 9.91. The van der Waals surface area contributed by atoms with E-state index in [-0.39, 0.29) is 6.42 Å². The SMILES string of the molecule is CCC(NS(=O)(=O)c1ccc(F)cc1F)C(=O)O. The third-order valence-corrected chi connectivity index (χ3v) is 3.69. The van der Waals surface area contributed by atoms with Crippen LogP contribution in [0.3, 0.4) is 0 Å². The van der Waals surface area contributed by atoms with Crippen molar-refractivity contribution < 1.29 is 27.1 Å². The number of sulfonamides is 1. The van der Waals surface area contributed by atoms with Gasteiger partial charge in [0.05, 0.1) is 0 Å². The minimum Gasteiger partial charge on any atom is -0.480 e. The van der Waals surface area contributed by atoms with Gasteiger partial charge in [-0.15, -0.1) is 0 Å². The van der Waals surface area contributed by atoms with Gasteiger partial charge in [-0.3, -0.25) is 4.79 Å². The summed E-state index contributed by atoms with van der Waals surface area (Å²) < 4.78 is 51.2. The zero-order valence-corrected chi connectivity index (χ0v) is 10.2. The Bertz CT molecular complexity index is 559. The first-order chi connectivity index (χ1) is 8.27. The standard InChI is InChI=1S/C10H11F2NO4S/c1-2-8(10(14)15)13-18(16,17)9-4-3-6(11)5-7(9)12/h3-5,8,13H,2H2,1H3,(H,14,15). The van der Waals surface area contributed by atoms with Gasteiger partial charge in [-0.2, -0.15) is 4.72 Å². The van der Waals surface area contributed by atoms with Gasteiger partial charge >= 0.3 is 5.97 Å². The highest BCUT2D eigenvalue weighted by Crippen LogP contribution is 2.16. The summed E-state index contributed by atoms with van der Waals surface area (Å²) in [5.41, 5.74) is 0. The van der Waals surface area contributed by atoms with Crippen molar-refractivity contribution in [2.75, 3.05) is 0 Å². The molecule has 8 heteroatoms. The molecule has 0 aromatic heterocycles. The average molecular weight is 279 g/mol. The molecule has 2 N–H and O–H groups in total. The van der Waals surface area contributed by atoms with Gasteiger partial charge in [-0.25, -0.2) is 17.2 Å². The molecule has 0 saturated heterocycles. The third kappa shape index (κ3) is 3.23. The molecule has 18 heavy (non-hydrogen) atoms. The molecule has 0 heterocycles. The Hall–Kier alpha value is -1.54. The van der Waals surface area contributed by atoms with Crippen LogP contribution in [0.5, 0.6) is 0 Å². The van der Waals surface area contributed by atoms with E-state index in [9.17, 15) is 22.0 Å². The number of aliphatic carboxylic acids is 1. The maximum absolute atomic E-state index is 13.3. The van der Waals surface area contributed by atoms with Crippen LogP contribution in [0.1, 0.15) is 13.3 Å². The van der Waals surface area contributed by atoms with Crippen molar-refractivity contribution in [3.8, 4) is 0 Å². The number of benzene rings is 1. The van der Waals surface area contributed by atoms with Gasteiger partial charge < -0.3 is 5.11 Å². The van der Waals surface area contributed by atoms with E-state index in [0.29, 0.717) is 6.07 Å². The van der Waals surface area contributed by atoms with Crippen LogP contribution in [0.2, 0.25) is 0 Å². The summed E-state index contributed by atoms with van der Waals surface area (Å²) in [5.74, 6) is -3.57. The van der Waals surface area contributed by atoms with Crippen LogP contribution < -0.4 is 4.72 Å². The summed E-state index contributed by atoms with van der Waals surface area (Å²) in [5, 5.41) is 8.72. The zero-order chi connectivity index (χ0) is 13.9. The van der Waals surface area contributed by atoms with Crippen molar-refractivity contribution in [2.24, 2.45) is 0 Å². The van der Waals surface area contributed by atoms with Gasteiger partial charge in [0.25, 0.3) is 0 Å². The Morgan fingerprint density at radius 1 is 1.44 bits per heavy atom. The number of carbonyl (C=O) groups is 1. The molecule has 0 spiro atoms. The summed E-state index contributed by atoms with van der Waals surface area (Å²) in [6.07, 6.45) is -0.00260. The van der Waals surface area contributed by atoms with E-state index < -0.39 is 38.6 Å². The van der Waals surface area contributed by atoms with Crippen molar-refractivity contribution in [3.63, 3.8) is 0 Å². The van der Waals surface area contributed by atoms with Crippen molar-refractivity contribution in [1.82, 2.24) is 4.72 Å². The first-order valence-corrected chi connectivity index (χ1v) is 6.46. The Kier molecular flexibility index (Phi) is 4.36. The van der Waals surface area contributed by atoms with Gasteiger partial charge in [-0.05, 0) is 18.6 Å². The molecule has 1 rings (SSSR count). The molecule has 5 nitrogen and oxygen atoms in total. The maximum Gasteiger partial charge on any atom is 0.321 e. The maximum atomic E-state index is 13.3. The van der Waals surface area contributed by atoms with E-state index in [4.69, 9.17) is 5.11 Å². The van der Waals surface area contributed by atoms with Crippen molar-refractivity contribution in [3.05, 3.63) is 29.8 Å². The van der Waals surface area contributed by atoms with Crippen LogP contribution in [0.4, 0.5) is 8.78 Å². The van der Waals surface area contributed by atoms with Crippen molar-refractivity contribution in [1.29, 1.82) is 0 Å². The second kappa shape index (κ2) is 5.40. The Morgan fingerprint density at radius 2 is 2.06 bits per heavy atom. The fourth-order valence-electron chi connectivity index (χ4n) is 1.25. The average Bonchev–Trinajstić information content (AvgIpc) is 2.24. The van der Waals surface area contributed by atoms with Gasteiger partial charge in [0.2, 0.25) is 10.0 Å². The number of hydrogen-bond donors (Lipinski definition) is 2. The highest BCUT2D eigenvalue weighted by atomic mass is 32.2. The van der Waals surface area contributed by atoms with E-state index in [2.05, 4.69) is 0 Å². The van der Waals surface area contributed by atoms with E-state index in [0.717, 1.165) is 12.1 Å². The van der Waals surface area contributed by atoms with Crippen LogP contribution in [-0.2, 0) is 14.8 Å². The largest absolute Gasteiger partial charge is 0.480 e. The molecule has 0 bridgehead atoms. The lowest BCUT2D eigenvalue weighted by Gasteiger charge is -2.13. The predicted octanol–water partition coefficient (Wildman–Crippen LogP) is 1.11. The van der Waals surface area contributed by atoms with E-state index in [1.165, 1.54) is 6.92 Å². The van der Waals surface area contributed by atoms with E-state index >= 15 is 0 Å². The van der Waals surface area contributed by atoms with Crippen LogP contribution in [-0.4, -0.2) is 25.5 Å². The molecule has 1 unspecified atom stereocenters. The Morgan fingerprint density at radius 3 is 2.50 bits per heavy atom. The van der Waals surface area contributed by atoms with Gasteiger partial charge in [-0.1, -0.05) is 6.92 Å². The summed E-state index contributed by atoms with van der Waals surface area (Å²) in [7, 11) is -4.34. The monoisotopic (exact) mass is 279 g/mol. The lowest BCUT2D eigenvalue weighted by Crippen LogP contribution is -2.40. The molecule has 1 aromatic rings. The lowest BCUT2D eigenvalue weighted by molar-refractivity contribution is -0.139. The highest BCUT2D eigenvalue weighted by Gasteiger charge is 2.26. The molecule has 0 aliphatic carbocycles. The molecule has 1 aromatic carbocycles. The predicted molar refractivity (Wildman–Crippen MR) is 58.4 cm³/mol. The second-order valence-electron chi connectivity index (χ2n) is 3.50. The lowest BCUT2D eigenvalue weighted by atomic mass is 10.2. The molecule has 0 fully saturated rings. The first-order valence-electron chi connectivity index (χ1n) is 4.98. The molecule has 1 atom stereocenters. The van der Waals surface area contributed by atoms with Crippen molar-refractivity contribution in [2.45, 2.75) is 24.3 Å². The van der Waals surface area contributed by atoms with Crippen LogP contribution >= 0.6 is 0 Å². The molecule has 0 saturated carbocycles. The minimum absolute atomic E-state index is 0.00260. The van der Waals surface area contributed by atoms with E-state index in [1.807, 2.05) is 4.72 Å². The number of carboxylic acid groups (broad SMARTS) is 1. The summed E-state index contributed by atoms with van der Waals surface area (Å²) in [6.45, 7) is 1.46. The zero-order valence-electron chi connectivity index (χ0n) is 9.35. The van der Waals surface area contributed by atoms with Crippen molar-refractivity contribution >= 4 is 16.0 Å². The third-order valence-electron chi connectivity index (χ3n) is 2.19. The fraction of sp³-hybridized carbons (Fsp3) is 0.300. The quantitative estimate of drug-likeness (QED) is 0.845. The molecule has 100 valence electrons. The number of nitrogens with one attached hydrogen (secondary N) is 1. The number of carboxylic acids is 1. The molecule has 0 aliphatic rings. The fourth-order valence-corrected chi connectivity index (χ4v) is 2.58. The van der Waals surface area contributed by atoms with Crippen LogP contribution in [0.15, 0.2) is 23.1 Å². The smallest absolute Gasteiger partial charge is 0.321 e. The normalized spacial score (nSPS) is 13.3. The highest BCUT2D eigenvalue weighted by molar-refractivity contribution is 7.89. The molecule has 0 radical (unpaired) electrons. The Labute approximate surface area is 102 Å². The number of hydrogen-bond acceptors (Lipinski definition) is 3. The van der Waals surface area contributed by atoms with Crippen LogP contribution in [0, 0.1) is 11.6 Å². The van der Waals surface area contributed by atoms with Gasteiger partial charge in [0.1, 0.15) is 22.6 Å². The number of halogens is 2. The summed E-state index contributed by atoms with van der Waals surface area (Å²) >= 11 is 0. The van der Waals surface area contributed by atoms with E-state index in [1.54, 1.807) is 0 Å². The molecular formula is C10H11F2NO4S. The van der Waals surface area contributed by atoms with Gasteiger partial charge in [0.15, 0.2) is 0 Å². The number of rotatable bonds is 5. The Balaban J connectivity index is 3.10. The minimum atomic E-state index is -4.34. The molecular weight excluding hydrogens is 268 g/mol. The van der Waals surface area contributed by atoms with Crippen LogP contribution in [0.25, 0.3) is 0 Å². The second-order valence-corrected chi connectivity index (χ2v) is 5.18.